The van der Waals surface area contributed by atoms with E-state index in [1.807, 2.05) is 83.8 Å². The zero-order chi connectivity index (χ0) is 29.1. The molecule has 1 aromatic heterocycles. The van der Waals surface area contributed by atoms with Gasteiger partial charge in [0.2, 0.25) is 0 Å². The molecule has 2 aliphatic rings. The largest absolute Gasteiger partial charge is 0.497 e. The van der Waals surface area contributed by atoms with Crippen molar-refractivity contribution in [3.8, 4) is 28.5 Å². The summed E-state index contributed by atoms with van der Waals surface area (Å²) in [5.41, 5.74) is 12.6. The molecule has 8 nitrogen and oxygen atoms in total. The second-order valence-corrected chi connectivity index (χ2v) is 11.7. The van der Waals surface area contributed by atoms with E-state index in [-0.39, 0.29) is 28.4 Å². The molecule has 3 heterocycles. The highest BCUT2D eigenvalue weighted by Gasteiger charge is 2.46. The van der Waals surface area contributed by atoms with Crippen LogP contribution in [0.4, 0.5) is 4.79 Å². The second-order valence-electron chi connectivity index (χ2n) is 10.6. The molecule has 3 aromatic carbocycles. The topological polar surface area (TPSA) is 100 Å². The molecule has 1 amide bonds. The fourth-order valence-corrected chi connectivity index (χ4v) is 7.38. The average molecular weight is 578 g/mol. The van der Waals surface area contributed by atoms with Crippen LogP contribution in [0.5, 0.6) is 17.2 Å². The fourth-order valence-electron chi connectivity index (χ4n) is 6.06. The maximum absolute atomic E-state index is 13.3. The molecule has 0 aliphatic carbocycles. The van der Waals surface area contributed by atoms with Gasteiger partial charge in [-0.3, -0.25) is 4.79 Å². The molecular formula is C33H31N5O3S. The van der Waals surface area contributed by atoms with Crippen LogP contribution in [0.3, 0.4) is 0 Å². The zero-order valence-electron chi connectivity index (χ0n) is 23.3. The first-order valence-electron chi connectivity index (χ1n) is 14.0. The molecule has 42 heavy (non-hydrogen) atoms. The summed E-state index contributed by atoms with van der Waals surface area (Å²) < 4.78 is 11.6. The first kappa shape index (κ1) is 27.7. The van der Waals surface area contributed by atoms with Gasteiger partial charge in [0, 0.05) is 35.0 Å². The Morgan fingerprint density at radius 2 is 1.88 bits per heavy atom. The van der Waals surface area contributed by atoms with Gasteiger partial charge in [0.15, 0.2) is 0 Å². The highest BCUT2D eigenvalue weighted by atomic mass is 32.2. The van der Waals surface area contributed by atoms with Crippen LogP contribution < -0.4 is 9.47 Å². The third-order valence-corrected chi connectivity index (χ3v) is 9.50. The lowest BCUT2D eigenvalue weighted by molar-refractivity contribution is 0.136. The number of carbonyl (C=O) groups excluding carboxylic acids is 1. The summed E-state index contributed by atoms with van der Waals surface area (Å²) in [7, 11) is 1.65. The fraction of sp³-hybridized carbons (Fsp3) is 0.273. The molecule has 2 saturated heterocycles. The van der Waals surface area contributed by atoms with Crippen molar-refractivity contribution in [1.29, 1.82) is 0 Å². The Morgan fingerprint density at radius 1 is 1.12 bits per heavy atom. The van der Waals surface area contributed by atoms with Gasteiger partial charge in [0.25, 0.3) is 5.24 Å². The molecule has 4 aromatic rings. The van der Waals surface area contributed by atoms with Crippen molar-refractivity contribution < 1.29 is 14.3 Å². The van der Waals surface area contributed by atoms with E-state index in [0.717, 1.165) is 57.8 Å². The Balaban J connectivity index is 1.37. The summed E-state index contributed by atoms with van der Waals surface area (Å²) in [6, 6.07) is 25.7. The van der Waals surface area contributed by atoms with Gasteiger partial charge in [-0.25, -0.2) is 4.98 Å². The monoisotopic (exact) mass is 577 g/mol. The standard InChI is InChI=1S/C33H31N5O3S/c1-3-21(20-35-37-34)23-15-16-38-31(17-23)32(42-33(38)39)28-19-30(36-29-14-13-26(40-2)18-27(28)29)22-9-11-25(12-10-22)41-24-7-5-4-6-8-24/h3-14,18-19,21,23,31-32H,1,15-17,20H2,2H3/t21-,23-,31-,32-/m0/s1. The number of rotatable bonds is 9. The van der Waals surface area contributed by atoms with Crippen LogP contribution in [0.25, 0.3) is 32.6 Å². The van der Waals surface area contributed by atoms with Crippen LogP contribution in [0.2, 0.25) is 0 Å². The van der Waals surface area contributed by atoms with E-state index in [1.165, 1.54) is 11.8 Å². The highest BCUT2D eigenvalue weighted by Crippen LogP contribution is 2.51. The van der Waals surface area contributed by atoms with Crippen molar-refractivity contribution in [2.45, 2.75) is 24.1 Å². The number of hydrogen-bond acceptors (Lipinski definition) is 6. The lowest BCUT2D eigenvalue weighted by Gasteiger charge is -2.39. The van der Waals surface area contributed by atoms with Crippen LogP contribution in [0.1, 0.15) is 23.7 Å². The van der Waals surface area contributed by atoms with Gasteiger partial charge in [-0.1, -0.05) is 41.2 Å². The van der Waals surface area contributed by atoms with Crippen LogP contribution in [0, 0.1) is 11.8 Å². The molecule has 0 N–H and O–H groups in total. The van der Waals surface area contributed by atoms with Gasteiger partial charge >= 0.3 is 0 Å². The van der Waals surface area contributed by atoms with Crippen molar-refractivity contribution in [2.75, 3.05) is 20.2 Å². The van der Waals surface area contributed by atoms with Crippen molar-refractivity contribution in [1.82, 2.24) is 9.88 Å². The smallest absolute Gasteiger partial charge is 0.282 e. The highest BCUT2D eigenvalue weighted by molar-refractivity contribution is 8.14. The lowest BCUT2D eigenvalue weighted by Crippen LogP contribution is -2.43. The number of nitrogens with zero attached hydrogens (tertiary/aromatic N) is 5. The van der Waals surface area contributed by atoms with Crippen LogP contribution in [-0.4, -0.2) is 41.4 Å². The van der Waals surface area contributed by atoms with Gasteiger partial charge in [-0.2, -0.15) is 0 Å². The third-order valence-electron chi connectivity index (χ3n) is 8.24. The summed E-state index contributed by atoms with van der Waals surface area (Å²) in [4.78, 5) is 23.2. The normalized spacial score (nSPS) is 20.5. The Bertz CT molecular complexity index is 1660. The van der Waals surface area contributed by atoms with Gasteiger partial charge in [-0.05, 0) is 96.4 Å². The SMILES string of the molecule is C=C[C@@H](CN=[N+]=[N-])[C@H]1CCN2C(=O)S[C@@H](c3cc(-c4ccc(Oc5ccccc5)cc4)nc4ccc(OC)cc34)[C@@H]2C1. The van der Waals surface area contributed by atoms with Crippen molar-refractivity contribution >= 4 is 27.9 Å². The van der Waals surface area contributed by atoms with Crippen LogP contribution in [-0.2, 0) is 0 Å². The summed E-state index contributed by atoms with van der Waals surface area (Å²) in [5.74, 6) is 2.62. The molecule has 2 aliphatic heterocycles. The number of methoxy groups -OCH3 is 1. The van der Waals surface area contributed by atoms with E-state index >= 15 is 0 Å². The van der Waals surface area contributed by atoms with Crippen molar-refractivity contribution in [3.63, 3.8) is 0 Å². The molecule has 6 rings (SSSR count). The summed E-state index contributed by atoms with van der Waals surface area (Å²) >= 11 is 1.39. The number of aromatic nitrogens is 1. The van der Waals surface area contributed by atoms with Gasteiger partial charge in [0.1, 0.15) is 17.2 Å². The molecule has 4 atom stereocenters. The lowest BCUT2D eigenvalue weighted by atomic mass is 9.79. The molecule has 2 fully saturated rings. The molecule has 212 valence electrons. The Hall–Kier alpha value is -4.46. The molecular weight excluding hydrogens is 546 g/mol. The van der Waals surface area contributed by atoms with Gasteiger partial charge < -0.3 is 14.4 Å². The van der Waals surface area contributed by atoms with Crippen LogP contribution >= 0.6 is 11.8 Å². The van der Waals surface area contributed by atoms with Crippen molar-refractivity contribution in [2.24, 2.45) is 17.0 Å². The van der Waals surface area contributed by atoms with Gasteiger partial charge in [-0.15, -0.1) is 6.58 Å². The van der Waals surface area contributed by atoms with Crippen LogP contribution in [0.15, 0.2) is 96.6 Å². The molecule has 0 bridgehead atoms. The van der Waals surface area contributed by atoms with E-state index in [2.05, 4.69) is 22.7 Å². The number of fused-ring (bicyclic) bond motifs is 2. The number of benzene rings is 3. The van der Waals surface area contributed by atoms with Gasteiger partial charge in [0.05, 0.1) is 23.6 Å². The number of pyridine rings is 1. The van der Waals surface area contributed by atoms with E-state index in [9.17, 15) is 4.79 Å². The third kappa shape index (κ3) is 5.53. The number of piperidine rings is 1. The van der Waals surface area contributed by atoms with E-state index in [1.54, 1.807) is 7.11 Å². The van der Waals surface area contributed by atoms with Crippen molar-refractivity contribution in [3.05, 3.63) is 108 Å². The molecule has 0 radical (unpaired) electrons. The number of amides is 1. The number of ether oxygens (including phenoxy) is 2. The minimum Gasteiger partial charge on any atom is -0.497 e. The number of thioether (sulfide) groups is 1. The first-order valence-corrected chi connectivity index (χ1v) is 14.9. The first-order chi connectivity index (χ1) is 20.6. The summed E-state index contributed by atoms with van der Waals surface area (Å²) in [5, 5.41) is 4.82. The van der Waals surface area contributed by atoms with E-state index < -0.39 is 0 Å². The van der Waals surface area contributed by atoms with E-state index in [4.69, 9.17) is 20.0 Å². The maximum Gasteiger partial charge on any atom is 0.282 e. The predicted octanol–water partition coefficient (Wildman–Crippen LogP) is 8.80. The maximum atomic E-state index is 13.3. The predicted molar refractivity (Wildman–Crippen MR) is 167 cm³/mol. The number of hydrogen-bond donors (Lipinski definition) is 0. The Kier molecular flexibility index (Phi) is 8.04. The summed E-state index contributed by atoms with van der Waals surface area (Å²) in [6.07, 6.45) is 3.57. The second kappa shape index (κ2) is 12.2. The van der Waals surface area contributed by atoms with E-state index in [0.29, 0.717) is 13.1 Å². The zero-order valence-corrected chi connectivity index (χ0v) is 24.1. The molecule has 0 spiro atoms. The quantitative estimate of drug-likeness (QED) is 0.0856. The number of para-hydroxylation sites is 1. The molecule has 9 heteroatoms. The number of azide groups is 1. The average Bonchev–Trinajstić information content (AvgIpc) is 3.36. The minimum absolute atomic E-state index is 0.0149. The summed E-state index contributed by atoms with van der Waals surface area (Å²) in [6.45, 7) is 5.06. The molecule has 0 saturated carbocycles. The minimum atomic E-state index is -0.0812. The Labute approximate surface area is 249 Å². The molecule has 0 unspecified atom stereocenters. The number of carbonyl (C=O) groups is 1. The Morgan fingerprint density at radius 3 is 2.62 bits per heavy atom.